The van der Waals surface area contributed by atoms with Gasteiger partial charge in [-0.25, -0.2) is 18.0 Å². The molecule has 0 aliphatic heterocycles. The summed E-state index contributed by atoms with van der Waals surface area (Å²) in [6.07, 6.45) is -7.33. The van der Waals surface area contributed by atoms with Crippen LogP contribution in [0.4, 0.5) is 26.3 Å². The van der Waals surface area contributed by atoms with E-state index in [0.29, 0.717) is 0 Å². The fourth-order valence-corrected chi connectivity index (χ4v) is 0.624. The zero-order valence-electron chi connectivity index (χ0n) is 7.37. The molecule has 15 heavy (non-hydrogen) atoms. The summed E-state index contributed by atoms with van der Waals surface area (Å²) in [5.41, 5.74) is -1.96. The molecule has 0 spiro atoms. The quantitative estimate of drug-likeness (QED) is 0.427. The Hall–Kier alpha value is -1.21. The van der Waals surface area contributed by atoms with E-state index in [0.717, 1.165) is 6.92 Å². The van der Waals surface area contributed by atoms with Crippen LogP contribution in [0.5, 0.6) is 0 Å². The molecule has 0 unspecified atom stereocenters. The topological polar surface area (TPSA) is 26.3 Å². The van der Waals surface area contributed by atoms with E-state index in [2.05, 4.69) is 4.74 Å². The van der Waals surface area contributed by atoms with E-state index in [4.69, 9.17) is 0 Å². The first kappa shape index (κ1) is 13.8. The summed E-state index contributed by atoms with van der Waals surface area (Å²) in [6.45, 7) is 0.879. The number of alkyl halides is 5. The summed E-state index contributed by atoms with van der Waals surface area (Å²) in [5, 5.41) is 0. The third kappa shape index (κ3) is 4.22. The minimum Gasteiger partial charge on any atom is -0.369 e. The Morgan fingerprint density at radius 2 is 1.73 bits per heavy atom. The van der Waals surface area contributed by atoms with Crippen LogP contribution in [0.1, 0.15) is 13.3 Å². The molecule has 0 fully saturated rings. The fraction of sp³-hybridized carbons (Fsp3) is 0.571. The Kier molecular flexibility index (Phi) is 4.17. The molecule has 0 aromatic rings. The first-order valence-corrected chi connectivity index (χ1v) is 3.62. The summed E-state index contributed by atoms with van der Waals surface area (Å²) in [5.74, 6) is -6.44. The normalized spacial score (nSPS) is 13.9. The molecular weight excluding hydrogens is 230 g/mol. The van der Waals surface area contributed by atoms with Gasteiger partial charge in [0.2, 0.25) is 0 Å². The monoisotopic (exact) mass is 236 g/mol. The van der Waals surface area contributed by atoms with Gasteiger partial charge < -0.3 is 4.74 Å². The van der Waals surface area contributed by atoms with Gasteiger partial charge in [0.25, 0.3) is 5.92 Å². The predicted octanol–water partition coefficient (Wildman–Crippen LogP) is 2.95. The minimum atomic E-state index is -5.42. The highest BCUT2D eigenvalue weighted by molar-refractivity contribution is 5.90. The van der Waals surface area contributed by atoms with Gasteiger partial charge in [-0.3, -0.25) is 0 Å². The lowest BCUT2D eigenvalue weighted by Crippen LogP contribution is -2.29. The highest BCUT2D eigenvalue weighted by Crippen LogP contribution is 2.30. The van der Waals surface area contributed by atoms with Crippen molar-refractivity contribution in [1.82, 2.24) is 0 Å². The van der Waals surface area contributed by atoms with Crippen LogP contribution in [0.3, 0.4) is 0 Å². The van der Waals surface area contributed by atoms with Crippen LogP contribution < -0.4 is 0 Å². The second kappa shape index (κ2) is 4.54. The van der Waals surface area contributed by atoms with Gasteiger partial charge in [0, 0.05) is 6.42 Å². The highest BCUT2D eigenvalue weighted by Gasteiger charge is 2.43. The molecule has 0 atom stereocenters. The molecule has 0 radical (unpaired) electrons. The van der Waals surface area contributed by atoms with Crippen molar-refractivity contribution in [3.05, 3.63) is 11.9 Å². The molecule has 0 saturated heterocycles. The van der Waals surface area contributed by atoms with Crippen LogP contribution in [-0.4, -0.2) is 18.3 Å². The number of esters is 1. The second-order valence-corrected chi connectivity index (χ2v) is 2.42. The van der Waals surface area contributed by atoms with Crippen LogP contribution in [-0.2, 0) is 9.53 Å². The van der Waals surface area contributed by atoms with Crippen molar-refractivity contribution < 1.29 is 35.9 Å². The summed E-state index contributed by atoms with van der Waals surface area (Å²) in [7, 11) is 0. The van der Waals surface area contributed by atoms with Gasteiger partial charge in [0.15, 0.2) is 0 Å². The molecule has 0 aliphatic carbocycles. The first-order valence-electron chi connectivity index (χ1n) is 3.62. The molecule has 0 aromatic carbocycles. The van der Waals surface area contributed by atoms with Crippen molar-refractivity contribution in [3.8, 4) is 0 Å². The van der Waals surface area contributed by atoms with Gasteiger partial charge in [-0.1, -0.05) is 6.92 Å². The van der Waals surface area contributed by atoms with Gasteiger partial charge in [-0.2, -0.15) is 0 Å². The maximum absolute atomic E-state index is 12.7. The summed E-state index contributed by atoms with van der Waals surface area (Å²) in [4.78, 5) is 10.5. The average Bonchev–Trinajstić information content (AvgIpc) is 2.01. The summed E-state index contributed by atoms with van der Waals surface area (Å²) < 4.78 is 74.2. The van der Waals surface area contributed by atoms with E-state index < -0.39 is 36.6 Å². The Bertz CT molecular complexity index is 267. The van der Waals surface area contributed by atoms with Crippen LogP contribution in [0.2, 0.25) is 0 Å². The molecular formula is C7H6F6O2. The summed E-state index contributed by atoms with van der Waals surface area (Å²) >= 11 is 0. The number of hydrogen-bond acceptors (Lipinski definition) is 2. The van der Waals surface area contributed by atoms with Crippen LogP contribution >= 0.6 is 0 Å². The van der Waals surface area contributed by atoms with Crippen molar-refractivity contribution >= 4 is 5.97 Å². The summed E-state index contributed by atoms with van der Waals surface area (Å²) in [6, 6.07) is 0. The molecule has 0 amide bonds. The number of carbonyl (C=O) groups excluding carboxylic acids is 1. The molecule has 8 heteroatoms. The lowest BCUT2D eigenvalue weighted by atomic mass is 10.1. The molecule has 0 saturated carbocycles. The second-order valence-electron chi connectivity index (χ2n) is 2.42. The van der Waals surface area contributed by atoms with Crippen LogP contribution in [0.25, 0.3) is 0 Å². The van der Waals surface area contributed by atoms with Crippen molar-refractivity contribution in [2.24, 2.45) is 0 Å². The SMILES string of the molecule is CCC(F)(F)C(=CF)C(=O)OC(F)(F)F. The maximum atomic E-state index is 12.7. The average molecular weight is 236 g/mol. The van der Waals surface area contributed by atoms with Crippen LogP contribution in [0.15, 0.2) is 11.9 Å². The van der Waals surface area contributed by atoms with Crippen molar-refractivity contribution in [1.29, 1.82) is 0 Å². The minimum absolute atomic E-state index is 0.879. The number of rotatable bonds is 3. The van der Waals surface area contributed by atoms with Gasteiger partial charge in [-0.15, -0.1) is 13.2 Å². The third-order valence-corrected chi connectivity index (χ3v) is 1.38. The molecule has 0 rings (SSSR count). The smallest absolute Gasteiger partial charge is 0.369 e. The number of halogens is 6. The number of carbonyl (C=O) groups is 1. The van der Waals surface area contributed by atoms with Crippen LogP contribution in [0, 0.1) is 0 Å². The maximum Gasteiger partial charge on any atom is 0.575 e. The first-order chi connectivity index (χ1) is 6.64. The molecule has 0 aliphatic rings. The highest BCUT2D eigenvalue weighted by atomic mass is 19.4. The molecule has 88 valence electrons. The Labute approximate surface area is 80.5 Å². The standard InChI is InChI=1S/C7H6F6O2/c1-2-6(9,10)4(3-8)5(14)15-7(11,12)13/h3H,2H2,1H3. The van der Waals surface area contributed by atoms with Crippen molar-refractivity contribution in [2.75, 3.05) is 0 Å². The van der Waals surface area contributed by atoms with E-state index in [1.807, 2.05) is 0 Å². The third-order valence-electron chi connectivity index (χ3n) is 1.38. The lowest BCUT2D eigenvalue weighted by Gasteiger charge is -2.16. The Balaban J connectivity index is 4.81. The van der Waals surface area contributed by atoms with E-state index in [9.17, 15) is 31.1 Å². The van der Waals surface area contributed by atoms with E-state index in [1.165, 1.54) is 0 Å². The van der Waals surface area contributed by atoms with E-state index in [-0.39, 0.29) is 0 Å². The number of hydrogen-bond donors (Lipinski definition) is 0. The van der Waals surface area contributed by atoms with Crippen molar-refractivity contribution in [3.63, 3.8) is 0 Å². The van der Waals surface area contributed by atoms with E-state index >= 15 is 0 Å². The fourth-order valence-electron chi connectivity index (χ4n) is 0.624. The molecule has 2 nitrogen and oxygen atoms in total. The molecule has 0 N–H and O–H groups in total. The zero-order chi connectivity index (χ0) is 12.3. The largest absolute Gasteiger partial charge is 0.575 e. The molecule has 0 heterocycles. The van der Waals surface area contributed by atoms with Gasteiger partial charge in [0.1, 0.15) is 11.9 Å². The Morgan fingerprint density at radius 3 is 2.00 bits per heavy atom. The van der Waals surface area contributed by atoms with Gasteiger partial charge in [0.05, 0.1) is 0 Å². The van der Waals surface area contributed by atoms with Gasteiger partial charge in [-0.05, 0) is 0 Å². The van der Waals surface area contributed by atoms with Gasteiger partial charge >= 0.3 is 12.3 Å². The Morgan fingerprint density at radius 1 is 1.27 bits per heavy atom. The zero-order valence-corrected chi connectivity index (χ0v) is 7.37. The van der Waals surface area contributed by atoms with Crippen molar-refractivity contribution in [2.45, 2.75) is 25.6 Å². The van der Waals surface area contributed by atoms with E-state index in [1.54, 1.807) is 0 Å². The molecule has 0 bridgehead atoms. The predicted molar refractivity (Wildman–Crippen MR) is 36.6 cm³/mol. The molecule has 0 aromatic heterocycles. The number of ether oxygens (including phenoxy) is 1. The lowest BCUT2D eigenvalue weighted by molar-refractivity contribution is -0.304.